The number of hydrogen-bond donors (Lipinski definition) is 0. The van der Waals surface area contributed by atoms with Crippen molar-refractivity contribution in [3.05, 3.63) is 121 Å². The largest absolute Gasteiger partial charge is 0.501 e. The number of aromatic nitrogens is 2. The number of pyridine rings is 2. The van der Waals surface area contributed by atoms with Gasteiger partial charge in [-0.3, -0.25) is 0 Å². The van der Waals surface area contributed by atoms with E-state index in [2.05, 4.69) is 73.2 Å². The molecule has 0 aliphatic heterocycles. The van der Waals surface area contributed by atoms with E-state index >= 15 is 0 Å². The summed E-state index contributed by atoms with van der Waals surface area (Å²) in [6, 6.07) is 34.8. The maximum absolute atomic E-state index is 6.02. The Bertz CT molecular complexity index is 1560. The van der Waals surface area contributed by atoms with Crippen molar-refractivity contribution in [3.63, 3.8) is 0 Å². The molecule has 3 aromatic carbocycles. The van der Waals surface area contributed by atoms with E-state index < -0.39 is 0 Å². The number of benzene rings is 3. The van der Waals surface area contributed by atoms with Gasteiger partial charge < -0.3 is 14.4 Å². The van der Waals surface area contributed by atoms with Crippen LogP contribution in [-0.4, -0.2) is 9.97 Å². The third-order valence-electron chi connectivity index (χ3n) is 5.95. The summed E-state index contributed by atoms with van der Waals surface area (Å²) >= 11 is 0. The van der Waals surface area contributed by atoms with Crippen molar-refractivity contribution >= 4 is 21.9 Å². The molecule has 36 heavy (non-hydrogen) atoms. The van der Waals surface area contributed by atoms with Crippen LogP contribution >= 0.6 is 0 Å². The molecule has 0 saturated heterocycles. The van der Waals surface area contributed by atoms with Crippen LogP contribution in [0.4, 0.5) is 0 Å². The molecule has 0 N–H and O–H groups in total. The predicted octanol–water partition coefficient (Wildman–Crippen LogP) is 8.43. The van der Waals surface area contributed by atoms with Gasteiger partial charge in [0.05, 0.1) is 5.58 Å². The fraction of sp³-hybridized carbons (Fsp3) is 0.125. The van der Waals surface area contributed by atoms with E-state index in [1.165, 1.54) is 11.1 Å². The summed E-state index contributed by atoms with van der Waals surface area (Å²) in [5, 5.41) is 2.26. The van der Waals surface area contributed by atoms with Crippen LogP contribution in [0.25, 0.3) is 44.5 Å². The number of rotatable bonds is 3. The topological polar surface area (TPSA) is 38.9 Å². The van der Waals surface area contributed by atoms with Crippen LogP contribution in [0.5, 0.6) is 0 Å². The predicted molar refractivity (Wildman–Crippen MR) is 143 cm³/mol. The van der Waals surface area contributed by atoms with E-state index in [-0.39, 0.29) is 20.1 Å². The van der Waals surface area contributed by atoms with Crippen molar-refractivity contribution in [3.8, 4) is 22.5 Å². The van der Waals surface area contributed by atoms with Gasteiger partial charge in [0.25, 0.3) is 0 Å². The summed E-state index contributed by atoms with van der Waals surface area (Å²) in [7, 11) is 0. The minimum absolute atomic E-state index is 0. The summed E-state index contributed by atoms with van der Waals surface area (Å²) in [6.07, 6.45) is 3.59. The molecule has 181 valence electrons. The Morgan fingerprint density at radius 3 is 2.17 bits per heavy atom. The van der Waals surface area contributed by atoms with E-state index in [1.807, 2.05) is 54.6 Å². The van der Waals surface area contributed by atoms with Crippen LogP contribution in [0.1, 0.15) is 30.9 Å². The second-order valence-corrected chi connectivity index (χ2v) is 8.82. The van der Waals surface area contributed by atoms with Crippen molar-refractivity contribution in [2.24, 2.45) is 0 Å². The van der Waals surface area contributed by atoms with Crippen molar-refractivity contribution in [1.82, 2.24) is 9.97 Å². The van der Waals surface area contributed by atoms with E-state index in [4.69, 9.17) is 4.42 Å². The van der Waals surface area contributed by atoms with Gasteiger partial charge in [-0.25, -0.2) is 0 Å². The van der Waals surface area contributed by atoms with Gasteiger partial charge in [-0.15, -0.1) is 53.6 Å². The molecular formula is C32H26IrN2O-2. The third kappa shape index (κ3) is 5.46. The number of furan rings is 1. The number of hydrogen-bond acceptors (Lipinski definition) is 3. The first-order valence-corrected chi connectivity index (χ1v) is 11.8. The van der Waals surface area contributed by atoms with Gasteiger partial charge in [0.15, 0.2) is 0 Å². The number of nitrogens with zero attached hydrogens (tertiary/aromatic N) is 2. The smallest absolute Gasteiger partial charge is 0.120 e. The van der Waals surface area contributed by atoms with Crippen molar-refractivity contribution in [2.45, 2.75) is 26.7 Å². The Hall–Kier alpha value is -3.59. The van der Waals surface area contributed by atoms with Crippen molar-refractivity contribution in [2.75, 3.05) is 0 Å². The molecule has 0 saturated carbocycles. The Balaban J connectivity index is 0.000000172. The van der Waals surface area contributed by atoms with Crippen LogP contribution in [0.2, 0.25) is 0 Å². The minimum Gasteiger partial charge on any atom is -0.501 e. The molecule has 0 atom stereocenters. The molecule has 3 nitrogen and oxygen atoms in total. The van der Waals surface area contributed by atoms with Crippen LogP contribution in [0, 0.1) is 19.1 Å². The zero-order valence-electron chi connectivity index (χ0n) is 20.5. The zero-order chi connectivity index (χ0) is 24.2. The van der Waals surface area contributed by atoms with E-state index in [1.54, 1.807) is 12.4 Å². The maximum Gasteiger partial charge on any atom is 0.120 e. The molecule has 6 rings (SSSR count). The van der Waals surface area contributed by atoms with E-state index in [0.29, 0.717) is 5.92 Å². The second kappa shape index (κ2) is 11.4. The molecule has 6 aromatic rings. The Kier molecular flexibility index (Phi) is 8.10. The normalized spacial score (nSPS) is 10.7. The molecule has 0 aliphatic carbocycles. The van der Waals surface area contributed by atoms with E-state index in [9.17, 15) is 0 Å². The molecule has 4 heteroatoms. The van der Waals surface area contributed by atoms with Gasteiger partial charge in [-0.1, -0.05) is 66.6 Å². The van der Waals surface area contributed by atoms with Gasteiger partial charge >= 0.3 is 0 Å². The van der Waals surface area contributed by atoms with Gasteiger partial charge in [0.2, 0.25) is 0 Å². The average molecular weight is 647 g/mol. The van der Waals surface area contributed by atoms with Crippen molar-refractivity contribution in [1.29, 1.82) is 0 Å². The molecule has 1 radical (unpaired) electrons. The molecule has 3 aromatic heterocycles. The van der Waals surface area contributed by atoms with Crippen molar-refractivity contribution < 1.29 is 24.5 Å². The Morgan fingerprint density at radius 1 is 0.778 bits per heavy atom. The molecule has 0 unspecified atom stereocenters. The molecular weight excluding hydrogens is 621 g/mol. The second-order valence-electron chi connectivity index (χ2n) is 8.82. The Morgan fingerprint density at radius 2 is 1.53 bits per heavy atom. The molecule has 0 bridgehead atoms. The molecule has 0 spiro atoms. The Labute approximate surface area is 225 Å². The number of fused-ring (bicyclic) bond motifs is 3. The van der Waals surface area contributed by atoms with Crippen LogP contribution in [0.3, 0.4) is 0 Å². The van der Waals surface area contributed by atoms with Gasteiger partial charge in [0, 0.05) is 37.9 Å². The zero-order valence-corrected chi connectivity index (χ0v) is 22.8. The fourth-order valence-electron chi connectivity index (χ4n) is 4.03. The van der Waals surface area contributed by atoms with E-state index in [0.717, 1.165) is 44.5 Å². The van der Waals surface area contributed by atoms with Crippen LogP contribution in [0.15, 0.2) is 102 Å². The van der Waals surface area contributed by atoms with Crippen LogP contribution in [-0.2, 0) is 20.1 Å². The minimum atomic E-state index is 0. The first-order valence-electron chi connectivity index (χ1n) is 11.8. The summed E-state index contributed by atoms with van der Waals surface area (Å²) in [5.41, 5.74) is 8.13. The van der Waals surface area contributed by atoms with Gasteiger partial charge in [-0.2, -0.15) is 0 Å². The summed E-state index contributed by atoms with van der Waals surface area (Å²) in [5.74, 6) is 0.555. The van der Waals surface area contributed by atoms with Crippen LogP contribution < -0.4 is 0 Å². The van der Waals surface area contributed by atoms with Gasteiger partial charge in [0.1, 0.15) is 5.58 Å². The standard InChI is InChI=1S/C18H12NO.C14H14N.Ir/c1-12-8-9-17-15(11-12)13-5-4-6-14(18(13)20-17)16-7-2-3-10-19-16;1-11(2)12-6-8-13(9-7-12)14-5-3-4-10-15-14;/h2-5,7-11H,1H3;3-8,10-11H,1-2H3;/q2*-1;. The first kappa shape index (κ1) is 25.5. The number of aryl methyl sites for hydroxylation is 1. The molecule has 0 fully saturated rings. The summed E-state index contributed by atoms with van der Waals surface area (Å²) in [4.78, 5) is 8.69. The molecule has 3 heterocycles. The van der Waals surface area contributed by atoms with Gasteiger partial charge in [-0.05, 0) is 42.6 Å². The third-order valence-corrected chi connectivity index (χ3v) is 5.95. The summed E-state index contributed by atoms with van der Waals surface area (Å²) < 4.78 is 6.02. The fourth-order valence-corrected chi connectivity index (χ4v) is 4.03. The monoisotopic (exact) mass is 647 g/mol. The first-order chi connectivity index (χ1) is 17.1. The quantitative estimate of drug-likeness (QED) is 0.181. The summed E-state index contributed by atoms with van der Waals surface area (Å²) in [6.45, 7) is 6.46. The maximum atomic E-state index is 6.02. The molecule has 0 aliphatic rings. The average Bonchev–Trinajstić information content (AvgIpc) is 3.28. The molecule has 0 amide bonds. The SMILES string of the molecule is CC(C)c1c[c-]c(-c2ccccn2)cc1.Cc1ccc2oc3c(-c4ccccn4)[c-]ccc3c2c1.[Ir].